The van der Waals surface area contributed by atoms with Gasteiger partial charge in [-0.05, 0) is 78.9 Å². The minimum atomic E-state index is -3.78. The van der Waals surface area contributed by atoms with E-state index in [2.05, 4.69) is 30.4 Å². The van der Waals surface area contributed by atoms with E-state index in [1.165, 1.54) is 24.3 Å². The standard InChI is InChI=1S/C23H15BrClN3O5S3/c24-15-3-8-18(9-4-15)35(29,30)27-16-5-1-14(2-6-16)23-26-19-13-17(7-10-20(19)33-23)28-36(31,32)22-12-11-21(25)34-22/h1-13,27-28H. The van der Waals surface area contributed by atoms with Crippen LogP contribution in [0.3, 0.4) is 0 Å². The third-order valence-electron chi connectivity index (χ3n) is 4.96. The zero-order valence-corrected chi connectivity index (χ0v) is 22.8. The molecule has 0 saturated carbocycles. The minimum absolute atomic E-state index is 0.101. The molecule has 2 heterocycles. The van der Waals surface area contributed by atoms with E-state index in [0.717, 1.165) is 15.8 Å². The molecular formula is C23H15BrClN3O5S3. The maximum Gasteiger partial charge on any atom is 0.271 e. The molecule has 3 aromatic carbocycles. The highest BCUT2D eigenvalue weighted by atomic mass is 79.9. The van der Waals surface area contributed by atoms with E-state index < -0.39 is 20.0 Å². The van der Waals surface area contributed by atoms with Crippen molar-refractivity contribution in [2.45, 2.75) is 9.10 Å². The first-order chi connectivity index (χ1) is 17.1. The third kappa shape index (κ3) is 5.27. The smallest absolute Gasteiger partial charge is 0.271 e. The number of fused-ring (bicyclic) bond motifs is 1. The molecule has 2 N–H and O–H groups in total. The maximum absolute atomic E-state index is 12.6. The number of sulfonamides is 2. The van der Waals surface area contributed by atoms with Crippen molar-refractivity contribution >= 4 is 81.4 Å². The van der Waals surface area contributed by atoms with Crippen LogP contribution in [0.1, 0.15) is 0 Å². The monoisotopic (exact) mass is 623 g/mol. The van der Waals surface area contributed by atoms with Gasteiger partial charge in [0.25, 0.3) is 20.0 Å². The van der Waals surface area contributed by atoms with Crippen LogP contribution >= 0.6 is 38.9 Å². The van der Waals surface area contributed by atoms with Crippen molar-refractivity contribution < 1.29 is 21.3 Å². The SMILES string of the molecule is O=S(=O)(Nc1ccc(-c2nc3cc(NS(=O)(=O)c4ccc(Cl)s4)ccc3o2)cc1)c1ccc(Br)cc1. The number of halogens is 2. The Morgan fingerprint density at radius 3 is 2.14 bits per heavy atom. The van der Waals surface area contributed by atoms with Gasteiger partial charge in [0.15, 0.2) is 5.58 Å². The molecule has 13 heteroatoms. The van der Waals surface area contributed by atoms with Crippen LogP contribution in [0, 0.1) is 0 Å². The van der Waals surface area contributed by atoms with Gasteiger partial charge in [-0.25, -0.2) is 21.8 Å². The molecule has 36 heavy (non-hydrogen) atoms. The Kier molecular flexibility index (Phi) is 6.55. The Hall–Kier alpha value is -2.90. The zero-order chi connectivity index (χ0) is 25.5. The predicted octanol–water partition coefficient (Wildman–Crippen LogP) is 6.57. The second-order valence-electron chi connectivity index (χ2n) is 7.50. The van der Waals surface area contributed by atoms with Crippen molar-refractivity contribution in [3.8, 4) is 11.5 Å². The van der Waals surface area contributed by atoms with Crippen molar-refractivity contribution in [2.75, 3.05) is 9.44 Å². The van der Waals surface area contributed by atoms with Crippen LogP contribution in [0.2, 0.25) is 4.34 Å². The van der Waals surface area contributed by atoms with Gasteiger partial charge in [-0.3, -0.25) is 9.44 Å². The lowest BCUT2D eigenvalue weighted by Gasteiger charge is -2.08. The van der Waals surface area contributed by atoms with E-state index in [9.17, 15) is 16.8 Å². The molecule has 5 aromatic rings. The quantitative estimate of drug-likeness (QED) is 0.211. The molecule has 0 unspecified atom stereocenters. The number of anilines is 2. The third-order valence-corrected chi connectivity index (χ3v) is 9.99. The molecule has 0 radical (unpaired) electrons. The fourth-order valence-corrected chi connectivity index (χ4v) is 7.13. The summed E-state index contributed by atoms with van der Waals surface area (Å²) in [5.74, 6) is 0.303. The van der Waals surface area contributed by atoms with Gasteiger partial charge in [0.1, 0.15) is 9.73 Å². The number of nitrogens with one attached hydrogen (secondary N) is 2. The Bertz CT molecular complexity index is 1780. The fraction of sp³-hybridized carbons (Fsp3) is 0. The second kappa shape index (κ2) is 9.52. The lowest BCUT2D eigenvalue weighted by molar-refractivity contribution is 0.600. The summed E-state index contributed by atoms with van der Waals surface area (Å²) in [5, 5.41) is 0. The van der Waals surface area contributed by atoms with Gasteiger partial charge < -0.3 is 4.42 Å². The molecule has 0 saturated heterocycles. The highest BCUT2D eigenvalue weighted by Gasteiger charge is 2.18. The van der Waals surface area contributed by atoms with Crippen LogP contribution in [-0.2, 0) is 20.0 Å². The van der Waals surface area contributed by atoms with Gasteiger partial charge >= 0.3 is 0 Å². The summed E-state index contributed by atoms with van der Waals surface area (Å²) in [4.78, 5) is 4.59. The van der Waals surface area contributed by atoms with E-state index in [-0.39, 0.29) is 9.10 Å². The van der Waals surface area contributed by atoms with E-state index in [1.54, 1.807) is 54.6 Å². The number of rotatable bonds is 7. The van der Waals surface area contributed by atoms with Crippen LogP contribution in [0.25, 0.3) is 22.6 Å². The summed E-state index contributed by atoms with van der Waals surface area (Å²) < 4.78 is 62.4. The van der Waals surface area contributed by atoms with Crippen molar-refractivity contribution in [1.29, 1.82) is 0 Å². The van der Waals surface area contributed by atoms with Gasteiger partial charge in [0.2, 0.25) is 5.89 Å². The molecule has 0 atom stereocenters. The number of oxazole rings is 1. The van der Waals surface area contributed by atoms with Gasteiger partial charge in [0.05, 0.1) is 14.9 Å². The molecule has 0 bridgehead atoms. The summed E-state index contributed by atoms with van der Waals surface area (Å²) in [6, 6.07) is 20.6. The fourth-order valence-electron chi connectivity index (χ4n) is 3.27. The largest absolute Gasteiger partial charge is 0.436 e. The normalized spacial score (nSPS) is 12.1. The average molecular weight is 625 g/mol. The molecule has 0 fully saturated rings. The van der Waals surface area contributed by atoms with Crippen molar-refractivity contribution in [2.24, 2.45) is 0 Å². The minimum Gasteiger partial charge on any atom is -0.436 e. The number of hydrogen-bond acceptors (Lipinski definition) is 7. The van der Waals surface area contributed by atoms with Crippen LogP contribution in [0.5, 0.6) is 0 Å². The molecular weight excluding hydrogens is 610 g/mol. The molecule has 0 spiro atoms. The highest BCUT2D eigenvalue weighted by Crippen LogP contribution is 2.30. The molecule has 0 amide bonds. The molecule has 0 aliphatic carbocycles. The molecule has 0 aliphatic rings. The zero-order valence-electron chi connectivity index (χ0n) is 18.0. The summed E-state index contributed by atoms with van der Waals surface area (Å²) >= 11 is 10.1. The number of thiophene rings is 1. The molecule has 184 valence electrons. The molecule has 2 aromatic heterocycles. The van der Waals surface area contributed by atoms with Crippen molar-refractivity contribution in [3.05, 3.63) is 87.7 Å². The van der Waals surface area contributed by atoms with Crippen LogP contribution < -0.4 is 9.44 Å². The summed E-state index contributed by atoms with van der Waals surface area (Å²) in [5.41, 5.74) is 2.24. The number of hydrogen-bond donors (Lipinski definition) is 2. The first-order valence-corrected chi connectivity index (χ1v) is 15.1. The van der Waals surface area contributed by atoms with Gasteiger partial charge in [-0.1, -0.05) is 27.5 Å². The van der Waals surface area contributed by atoms with E-state index >= 15 is 0 Å². The Morgan fingerprint density at radius 2 is 1.47 bits per heavy atom. The molecule has 8 nitrogen and oxygen atoms in total. The summed E-state index contributed by atoms with van der Waals surface area (Å²) in [6.07, 6.45) is 0. The van der Waals surface area contributed by atoms with E-state index in [0.29, 0.717) is 38.3 Å². The van der Waals surface area contributed by atoms with E-state index in [1.807, 2.05) is 0 Å². The first-order valence-electron chi connectivity index (χ1n) is 10.2. The van der Waals surface area contributed by atoms with E-state index in [4.69, 9.17) is 16.0 Å². The number of aromatic nitrogens is 1. The lowest BCUT2D eigenvalue weighted by Crippen LogP contribution is -2.12. The lowest BCUT2D eigenvalue weighted by atomic mass is 10.2. The van der Waals surface area contributed by atoms with Crippen LogP contribution in [0.4, 0.5) is 11.4 Å². The summed E-state index contributed by atoms with van der Waals surface area (Å²) in [7, 11) is -7.52. The van der Waals surface area contributed by atoms with Gasteiger partial charge in [-0.15, -0.1) is 11.3 Å². The van der Waals surface area contributed by atoms with Gasteiger partial charge in [-0.2, -0.15) is 0 Å². The molecule has 5 rings (SSSR count). The van der Waals surface area contributed by atoms with Crippen LogP contribution in [-0.4, -0.2) is 21.8 Å². The van der Waals surface area contributed by atoms with Crippen LogP contribution in [0.15, 0.2) is 96.9 Å². The Labute approximate surface area is 224 Å². The topological polar surface area (TPSA) is 118 Å². The maximum atomic E-state index is 12.6. The van der Waals surface area contributed by atoms with Gasteiger partial charge in [0, 0.05) is 15.7 Å². The average Bonchev–Trinajstić information content (AvgIpc) is 3.46. The highest BCUT2D eigenvalue weighted by molar-refractivity contribution is 9.10. The first kappa shape index (κ1) is 24.8. The Morgan fingerprint density at radius 1 is 0.806 bits per heavy atom. The molecule has 0 aliphatic heterocycles. The summed E-state index contributed by atoms with van der Waals surface area (Å²) in [6.45, 7) is 0. The predicted molar refractivity (Wildman–Crippen MR) is 145 cm³/mol. The number of benzene rings is 3. The van der Waals surface area contributed by atoms with Crippen molar-refractivity contribution in [1.82, 2.24) is 4.98 Å². The number of nitrogens with zero attached hydrogens (tertiary/aromatic N) is 1. The van der Waals surface area contributed by atoms with Crippen molar-refractivity contribution in [3.63, 3.8) is 0 Å². The Balaban J connectivity index is 1.35. The second-order valence-corrected chi connectivity index (χ2v) is 13.7.